The molecule has 7 nitrogen and oxygen atoms in total. The highest BCUT2D eigenvalue weighted by atomic mass is 16.3. The van der Waals surface area contributed by atoms with Crippen LogP contribution in [-0.4, -0.2) is 65.9 Å². The van der Waals surface area contributed by atoms with Crippen LogP contribution in [-0.2, 0) is 14.4 Å². The normalized spacial score (nSPS) is 18.4. The average Bonchev–Trinajstić information content (AvgIpc) is 2.55. The topological polar surface area (TPSA) is 98.7 Å². The third-order valence-corrected chi connectivity index (χ3v) is 5.02. The summed E-state index contributed by atoms with van der Waals surface area (Å²) in [5.41, 5.74) is 0. The fraction of sp³-hybridized carbons (Fsp3) is 0.842. The number of carbonyl (C=O) groups is 3. The third-order valence-electron chi connectivity index (χ3n) is 5.02. The van der Waals surface area contributed by atoms with Crippen molar-refractivity contribution in [3.63, 3.8) is 0 Å². The van der Waals surface area contributed by atoms with Crippen molar-refractivity contribution in [2.24, 2.45) is 11.8 Å². The van der Waals surface area contributed by atoms with Crippen molar-refractivity contribution in [1.82, 2.24) is 15.5 Å². The van der Waals surface area contributed by atoms with Crippen molar-refractivity contribution in [2.75, 3.05) is 14.1 Å². The first-order valence-corrected chi connectivity index (χ1v) is 9.43. The monoisotopic (exact) mass is 371 g/mol. The van der Waals surface area contributed by atoms with E-state index < -0.39 is 24.1 Å². The van der Waals surface area contributed by atoms with Gasteiger partial charge in [0.05, 0.1) is 12.1 Å². The van der Waals surface area contributed by atoms with Crippen LogP contribution in [0.25, 0.3) is 0 Å². The Morgan fingerprint density at radius 2 is 1.35 bits per heavy atom. The van der Waals surface area contributed by atoms with Crippen molar-refractivity contribution in [3.05, 3.63) is 0 Å². The summed E-state index contributed by atoms with van der Waals surface area (Å²) in [5, 5.41) is 15.2. The van der Waals surface area contributed by atoms with Crippen LogP contribution in [0.1, 0.15) is 54.4 Å². The number of aliphatic hydroxyl groups is 1. The largest absolute Gasteiger partial charge is 0.391 e. The zero-order valence-electron chi connectivity index (χ0n) is 17.5. The summed E-state index contributed by atoms with van der Waals surface area (Å²) < 4.78 is 0. The number of rotatable bonds is 11. The lowest BCUT2D eigenvalue weighted by Gasteiger charge is -2.32. The van der Waals surface area contributed by atoms with E-state index in [2.05, 4.69) is 10.6 Å². The molecular weight excluding hydrogens is 334 g/mol. The third kappa shape index (κ3) is 7.03. The van der Waals surface area contributed by atoms with Crippen LogP contribution in [0.15, 0.2) is 0 Å². The summed E-state index contributed by atoms with van der Waals surface area (Å²) in [7, 11) is 3.68. The minimum atomic E-state index is -1.00. The number of aliphatic hydroxyl groups excluding tert-OH is 1. The maximum absolute atomic E-state index is 12.8. The van der Waals surface area contributed by atoms with Gasteiger partial charge in [-0.15, -0.1) is 0 Å². The predicted molar refractivity (Wildman–Crippen MR) is 103 cm³/mol. The summed E-state index contributed by atoms with van der Waals surface area (Å²) in [6.45, 7) is 10.6. The molecule has 0 rings (SSSR count). The number of nitrogens with one attached hydrogen (secondary N) is 2. The van der Waals surface area contributed by atoms with Crippen LogP contribution in [0.3, 0.4) is 0 Å². The Labute approximate surface area is 157 Å². The molecule has 0 saturated heterocycles. The van der Waals surface area contributed by atoms with Crippen LogP contribution in [0.2, 0.25) is 0 Å². The SMILES string of the molecule is CC[C@H](C)[C@H](NC(=O)[C@H]([C@@H](C)CC)N(C)C)C(=O)N[C@H](C(C)=O)[C@H](C)O. The van der Waals surface area contributed by atoms with Crippen LogP contribution in [0, 0.1) is 11.8 Å². The molecule has 0 aliphatic carbocycles. The molecule has 26 heavy (non-hydrogen) atoms. The van der Waals surface area contributed by atoms with Gasteiger partial charge in [-0.25, -0.2) is 0 Å². The molecule has 152 valence electrons. The molecule has 0 saturated carbocycles. The maximum atomic E-state index is 12.8. The molecule has 0 heterocycles. The van der Waals surface area contributed by atoms with Crippen molar-refractivity contribution < 1.29 is 19.5 Å². The summed E-state index contributed by atoms with van der Waals surface area (Å²) in [6.07, 6.45) is 0.526. The van der Waals surface area contributed by atoms with Gasteiger partial charge in [0.2, 0.25) is 11.8 Å². The first-order valence-electron chi connectivity index (χ1n) is 9.43. The van der Waals surface area contributed by atoms with E-state index in [-0.39, 0.29) is 29.6 Å². The molecule has 0 aromatic rings. The van der Waals surface area contributed by atoms with Gasteiger partial charge in [-0.05, 0) is 39.8 Å². The Hall–Kier alpha value is -1.47. The van der Waals surface area contributed by atoms with Gasteiger partial charge in [0.25, 0.3) is 0 Å². The fourth-order valence-corrected chi connectivity index (χ4v) is 2.97. The molecule has 0 radical (unpaired) electrons. The molecule has 0 aromatic heterocycles. The van der Waals surface area contributed by atoms with E-state index in [1.807, 2.05) is 46.7 Å². The zero-order chi connectivity index (χ0) is 20.6. The van der Waals surface area contributed by atoms with Crippen LogP contribution in [0.4, 0.5) is 0 Å². The van der Waals surface area contributed by atoms with E-state index in [1.54, 1.807) is 0 Å². The second kappa shape index (κ2) is 11.3. The fourth-order valence-electron chi connectivity index (χ4n) is 2.97. The lowest BCUT2D eigenvalue weighted by Crippen LogP contribution is -2.59. The number of likely N-dealkylation sites (N-methyl/N-ethyl adjacent to an activating group) is 1. The molecule has 3 N–H and O–H groups in total. The van der Waals surface area contributed by atoms with Gasteiger partial charge in [0, 0.05) is 0 Å². The number of carbonyl (C=O) groups excluding carboxylic acids is 3. The summed E-state index contributed by atoms with van der Waals surface area (Å²) in [5.74, 6) is -0.960. The Balaban J connectivity index is 5.40. The van der Waals surface area contributed by atoms with E-state index in [9.17, 15) is 19.5 Å². The number of Topliss-reactive ketones (excluding diaryl/α,β-unsaturated/α-hetero) is 1. The molecule has 6 atom stereocenters. The highest BCUT2D eigenvalue weighted by molar-refractivity contribution is 5.93. The Morgan fingerprint density at radius 3 is 1.69 bits per heavy atom. The van der Waals surface area contributed by atoms with E-state index in [1.165, 1.54) is 13.8 Å². The molecule has 7 heteroatoms. The lowest BCUT2D eigenvalue weighted by molar-refractivity contribution is -0.135. The number of ketones is 1. The molecule has 0 unspecified atom stereocenters. The average molecular weight is 372 g/mol. The highest BCUT2D eigenvalue weighted by Crippen LogP contribution is 2.15. The van der Waals surface area contributed by atoms with E-state index in [4.69, 9.17) is 0 Å². The Kier molecular flexibility index (Phi) is 10.6. The number of nitrogens with zero attached hydrogens (tertiary/aromatic N) is 1. The summed E-state index contributed by atoms with van der Waals surface area (Å²) in [4.78, 5) is 39.1. The van der Waals surface area contributed by atoms with Gasteiger partial charge in [0.15, 0.2) is 5.78 Å². The molecule has 0 aromatic carbocycles. The lowest BCUT2D eigenvalue weighted by atomic mass is 9.94. The van der Waals surface area contributed by atoms with Crippen molar-refractivity contribution in [2.45, 2.75) is 78.6 Å². The summed E-state index contributed by atoms with van der Waals surface area (Å²) in [6, 6.07) is -2.09. The molecule has 0 bridgehead atoms. The molecular formula is C19H37N3O4. The van der Waals surface area contributed by atoms with Gasteiger partial charge in [-0.2, -0.15) is 0 Å². The quantitative estimate of drug-likeness (QED) is 0.502. The smallest absolute Gasteiger partial charge is 0.243 e. The van der Waals surface area contributed by atoms with E-state index in [0.717, 1.165) is 6.42 Å². The van der Waals surface area contributed by atoms with E-state index >= 15 is 0 Å². The minimum absolute atomic E-state index is 0.111. The first kappa shape index (κ1) is 24.5. The Bertz CT molecular complexity index is 479. The van der Waals surface area contributed by atoms with Gasteiger partial charge < -0.3 is 15.7 Å². The van der Waals surface area contributed by atoms with Crippen molar-refractivity contribution >= 4 is 17.6 Å². The van der Waals surface area contributed by atoms with Crippen LogP contribution < -0.4 is 10.6 Å². The van der Waals surface area contributed by atoms with Gasteiger partial charge >= 0.3 is 0 Å². The number of hydrogen-bond acceptors (Lipinski definition) is 5. The van der Waals surface area contributed by atoms with Gasteiger partial charge in [0.1, 0.15) is 12.1 Å². The molecule has 0 aliphatic rings. The summed E-state index contributed by atoms with van der Waals surface area (Å²) >= 11 is 0. The van der Waals surface area contributed by atoms with Gasteiger partial charge in [-0.1, -0.05) is 40.5 Å². The minimum Gasteiger partial charge on any atom is -0.391 e. The number of hydrogen-bond donors (Lipinski definition) is 3. The van der Waals surface area contributed by atoms with Crippen molar-refractivity contribution in [1.29, 1.82) is 0 Å². The Morgan fingerprint density at radius 1 is 0.885 bits per heavy atom. The maximum Gasteiger partial charge on any atom is 0.243 e. The zero-order valence-corrected chi connectivity index (χ0v) is 17.5. The van der Waals surface area contributed by atoms with Crippen LogP contribution in [0.5, 0.6) is 0 Å². The standard InChI is InChI=1S/C19H37N3O4/c1-9-11(3)15(18(25)21-16(13(5)23)14(6)24)20-19(26)17(22(7)8)12(4)10-2/h11-13,15-17,23H,9-10H2,1-8H3,(H,20,26)(H,21,25)/t11-,12-,13-,15-,16-,17-/m0/s1. The van der Waals surface area contributed by atoms with E-state index in [0.29, 0.717) is 6.42 Å². The van der Waals surface area contributed by atoms with Gasteiger partial charge in [-0.3, -0.25) is 19.3 Å². The number of amides is 2. The molecule has 2 amide bonds. The van der Waals surface area contributed by atoms with Crippen molar-refractivity contribution in [3.8, 4) is 0 Å². The predicted octanol–water partition coefficient (Wildman–Crippen LogP) is 0.948. The second-order valence-corrected chi connectivity index (χ2v) is 7.50. The second-order valence-electron chi connectivity index (χ2n) is 7.50. The highest BCUT2D eigenvalue weighted by Gasteiger charge is 2.34. The molecule has 0 spiro atoms. The first-order chi connectivity index (χ1) is 12.0. The molecule has 0 aliphatic heterocycles. The molecule has 0 fully saturated rings. The van der Waals surface area contributed by atoms with Crippen LogP contribution >= 0.6 is 0 Å².